The van der Waals surface area contributed by atoms with Crippen molar-refractivity contribution in [3.8, 4) is 11.5 Å². The SMILES string of the molecule is CCOc1ccc(N2C(=O)/C(=C\c3ccc(O[C@@H](NC(=O)CC(C)C)C(Cl)(Cl)Cl)cc3)SC2=S)cc1. The number of rotatable bonds is 9. The summed E-state index contributed by atoms with van der Waals surface area (Å²) in [6, 6.07) is 14.0. The van der Waals surface area contributed by atoms with Gasteiger partial charge in [0.15, 0.2) is 4.32 Å². The number of benzene rings is 2. The molecule has 1 aliphatic rings. The summed E-state index contributed by atoms with van der Waals surface area (Å²) in [7, 11) is 0. The lowest BCUT2D eigenvalue weighted by Crippen LogP contribution is -2.48. The average molecular weight is 588 g/mol. The molecule has 2 amide bonds. The zero-order chi connectivity index (χ0) is 26.5. The maximum atomic E-state index is 13.0. The standard InChI is InChI=1S/C25H25Cl3N2O4S2/c1-4-33-18-11-7-17(8-12-18)30-22(32)20(36-24(30)35)14-16-5-9-19(10-6-16)34-23(25(26,27)28)29-21(31)13-15(2)3/h5-12,14-15,23H,4,13H2,1-3H3,(H,29,31)/b20-14+/t23-/m1/s1. The number of nitrogens with zero attached hydrogens (tertiary/aromatic N) is 1. The zero-order valence-corrected chi connectivity index (χ0v) is 23.7. The van der Waals surface area contributed by atoms with Gasteiger partial charge in [0, 0.05) is 6.42 Å². The number of anilines is 1. The molecule has 2 aromatic carbocycles. The first-order chi connectivity index (χ1) is 17.0. The van der Waals surface area contributed by atoms with E-state index in [-0.39, 0.29) is 24.2 Å². The number of hydrogen-bond donors (Lipinski definition) is 1. The van der Waals surface area contributed by atoms with E-state index >= 15 is 0 Å². The lowest BCUT2D eigenvalue weighted by Gasteiger charge is -2.26. The molecule has 0 bridgehead atoms. The second kappa shape index (κ2) is 12.5. The highest BCUT2D eigenvalue weighted by Gasteiger charge is 2.36. The number of carbonyl (C=O) groups excluding carboxylic acids is 2. The summed E-state index contributed by atoms with van der Waals surface area (Å²) in [6.45, 7) is 6.29. The highest BCUT2D eigenvalue weighted by Crippen LogP contribution is 2.37. The fourth-order valence-electron chi connectivity index (χ4n) is 3.23. The molecule has 1 aliphatic heterocycles. The lowest BCUT2D eigenvalue weighted by molar-refractivity contribution is -0.124. The monoisotopic (exact) mass is 586 g/mol. The van der Waals surface area contributed by atoms with Crippen LogP contribution in [0.15, 0.2) is 53.4 Å². The normalized spacial score (nSPS) is 16.0. The second-order valence-corrected chi connectivity index (χ2v) is 12.3. The third kappa shape index (κ3) is 7.76. The van der Waals surface area contributed by atoms with Gasteiger partial charge in [-0.1, -0.05) is 84.8 Å². The molecule has 2 aromatic rings. The van der Waals surface area contributed by atoms with E-state index in [1.807, 2.05) is 20.8 Å². The second-order valence-electron chi connectivity index (χ2n) is 8.22. The molecule has 1 N–H and O–H groups in total. The molecule has 11 heteroatoms. The molecule has 0 radical (unpaired) electrons. The number of nitrogens with one attached hydrogen (secondary N) is 1. The van der Waals surface area contributed by atoms with E-state index in [0.29, 0.717) is 27.3 Å². The topological polar surface area (TPSA) is 67.9 Å². The van der Waals surface area contributed by atoms with Gasteiger partial charge in [-0.15, -0.1) is 0 Å². The van der Waals surface area contributed by atoms with Crippen LogP contribution >= 0.6 is 58.8 Å². The van der Waals surface area contributed by atoms with Gasteiger partial charge in [-0.25, -0.2) is 0 Å². The summed E-state index contributed by atoms with van der Waals surface area (Å²) in [6.07, 6.45) is 0.841. The summed E-state index contributed by atoms with van der Waals surface area (Å²) in [5.74, 6) is 0.755. The fourth-order valence-corrected chi connectivity index (χ4v) is 4.83. The summed E-state index contributed by atoms with van der Waals surface area (Å²) < 4.78 is 9.76. The van der Waals surface area contributed by atoms with Crippen molar-refractivity contribution in [2.45, 2.75) is 37.2 Å². The van der Waals surface area contributed by atoms with Gasteiger partial charge in [0.05, 0.1) is 17.2 Å². The summed E-state index contributed by atoms with van der Waals surface area (Å²) >= 11 is 24.7. The fraction of sp³-hybridized carbons (Fsp3) is 0.320. The van der Waals surface area contributed by atoms with E-state index in [9.17, 15) is 9.59 Å². The summed E-state index contributed by atoms with van der Waals surface area (Å²) in [5.41, 5.74) is 1.43. The molecule has 1 saturated heterocycles. The van der Waals surface area contributed by atoms with Gasteiger partial charge in [-0.2, -0.15) is 0 Å². The molecule has 3 rings (SSSR count). The van der Waals surface area contributed by atoms with Crippen LogP contribution in [0.1, 0.15) is 32.8 Å². The van der Waals surface area contributed by atoms with E-state index in [1.54, 1.807) is 54.6 Å². The van der Waals surface area contributed by atoms with Gasteiger partial charge in [-0.05, 0) is 60.9 Å². The van der Waals surface area contributed by atoms with Crippen molar-refractivity contribution in [3.05, 3.63) is 59.0 Å². The van der Waals surface area contributed by atoms with Crippen LogP contribution in [0.2, 0.25) is 0 Å². The molecular formula is C25H25Cl3N2O4S2. The van der Waals surface area contributed by atoms with Gasteiger partial charge in [-0.3, -0.25) is 14.5 Å². The van der Waals surface area contributed by atoms with Crippen molar-refractivity contribution in [3.63, 3.8) is 0 Å². The van der Waals surface area contributed by atoms with E-state index in [1.165, 1.54) is 16.7 Å². The van der Waals surface area contributed by atoms with E-state index in [0.717, 1.165) is 11.3 Å². The van der Waals surface area contributed by atoms with Crippen molar-refractivity contribution in [2.24, 2.45) is 5.92 Å². The van der Waals surface area contributed by atoms with Crippen LogP contribution in [0.25, 0.3) is 6.08 Å². The maximum Gasteiger partial charge on any atom is 0.270 e. The number of amides is 2. The molecule has 36 heavy (non-hydrogen) atoms. The van der Waals surface area contributed by atoms with Crippen LogP contribution < -0.4 is 19.7 Å². The summed E-state index contributed by atoms with van der Waals surface area (Å²) in [4.78, 5) is 27.2. The molecule has 0 aromatic heterocycles. The number of halogens is 3. The van der Waals surface area contributed by atoms with Crippen molar-refractivity contribution in [2.75, 3.05) is 11.5 Å². The minimum Gasteiger partial charge on any atom is -0.494 e. The Labute approximate surface area is 235 Å². The maximum absolute atomic E-state index is 13.0. The van der Waals surface area contributed by atoms with Crippen molar-refractivity contribution in [1.82, 2.24) is 5.32 Å². The van der Waals surface area contributed by atoms with Crippen LogP contribution in [0, 0.1) is 5.92 Å². The van der Waals surface area contributed by atoms with E-state index in [4.69, 9.17) is 56.5 Å². The van der Waals surface area contributed by atoms with Crippen molar-refractivity contribution >= 4 is 86.7 Å². The van der Waals surface area contributed by atoms with Crippen LogP contribution in [0.5, 0.6) is 11.5 Å². The molecule has 1 heterocycles. The molecule has 1 fully saturated rings. The predicted octanol–water partition coefficient (Wildman–Crippen LogP) is 6.73. The Morgan fingerprint density at radius 2 is 1.72 bits per heavy atom. The number of thioether (sulfide) groups is 1. The molecule has 6 nitrogen and oxygen atoms in total. The lowest BCUT2D eigenvalue weighted by atomic mass is 10.1. The average Bonchev–Trinajstić information content (AvgIpc) is 3.07. The minimum absolute atomic E-state index is 0.141. The molecule has 0 saturated carbocycles. The van der Waals surface area contributed by atoms with Crippen molar-refractivity contribution in [1.29, 1.82) is 0 Å². The van der Waals surface area contributed by atoms with Crippen LogP contribution in [0.3, 0.4) is 0 Å². The number of thiocarbonyl (C=S) groups is 1. The van der Waals surface area contributed by atoms with Gasteiger partial charge < -0.3 is 14.8 Å². The predicted molar refractivity (Wildman–Crippen MR) is 152 cm³/mol. The van der Waals surface area contributed by atoms with Crippen LogP contribution in [-0.4, -0.2) is 32.8 Å². The smallest absolute Gasteiger partial charge is 0.270 e. The molecule has 0 spiro atoms. The minimum atomic E-state index is -1.87. The Morgan fingerprint density at radius 3 is 2.28 bits per heavy atom. The Hall–Kier alpha value is -1.97. The third-order valence-electron chi connectivity index (χ3n) is 4.81. The van der Waals surface area contributed by atoms with Gasteiger partial charge in [0.25, 0.3) is 5.91 Å². The first-order valence-electron chi connectivity index (χ1n) is 11.1. The van der Waals surface area contributed by atoms with Gasteiger partial charge >= 0.3 is 0 Å². The quantitative estimate of drug-likeness (QED) is 0.152. The Bertz CT molecular complexity index is 1130. The molecule has 1 atom stereocenters. The first kappa shape index (κ1) is 28.6. The Kier molecular flexibility index (Phi) is 9.94. The van der Waals surface area contributed by atoms with Crippen LogP contribution in [0.4, 0.5) is 5.69 Å². The van der Waals surface area contributed by atoms with Gasteiger partial charge in [0.2, 0.25) is 15.9 Å². The molecule has 192 valence electrons. The van der Waals surface area contributed by atoms with E-state index < -0.39 is 10.0 Å². The van der Waals surface area contributed by atoms with E-state index in [2.05, 4.69) is 5.32 Å². The largest absolute Gasteiger partial charge is 0.494 e. The van der Waals surface area contributed by atoms with Crippen LogP contribution in [-0.2, 0) is 9.59 Å². The zero-order valence-electron chi connectivity index (χ0n) is 19.8. The molecule has 0 unspecified atom stereocenters. The summed E-state index contributed by atoms with van der Waals surface area (Å²) in [5, 5.41) is 2.61. The van der Waals surface area contributed by atoms with Gasteiger partial charge in [0.1, 0.15) is 11.5 Å². The first-order valence-corrected chi connectivity index (χ1v) is 13.5. The highest BCUT2D eigenvalue weighted by molar-refractivity contribution is 8.27. The highest BCUT2D eigenvalue weighted by atomic mass is 35.6. The third-order valence-corrected chi connectivity index (χ3v) is 6.71. The number of hydrogen-bond acceptors (Lipinski definition) is 6. The van der Waals surface area contributed by atoms with Crippen molar-refractivity contribution < 1.29 is 19.1 Å². The Balaban J connectivity index is 1.71. The number of alkyl halides is 3. The number of carbonyl (C=O) groups is 2. The molecular weight excluding hydrogens is 563 g/mol. The molecule has 0 aliphatic carbocycles. The Morgan fingerprint density at radius 1 is 1.11 bits per heavy atom. The number of ether oxygens (including phenoxy) is 2.